The van der Waals surface area contributed by atoms with Crippen LogP contribution < -0.4 is 51.8 Å². The van der Waals surface area contributed by atoms with Crippen LogP contribution in [-0.2, 0) is 0 Å². The van der Waals surface area contributed by atoms with Gasteiger partial charge >= 0.3 is 0 Å². The first kappa shape index (κ1) is 38.2. The molecular weight excluding hydrogens is 826 g/mol. The topological polar surface area (TPSA) is 9.72 Å². The Balaban J connectivity index is 1.06. The molecule has 5 heteroatoms. The van der Waals surface area contributed by atoms with Gasteiger partial charge in [0, 0.05) is 45.2 Å². The third-order valence-corrected chi connectivity index (χ3v) is 24.5. The van der Waals surface area contributed by atoms with E-state index in [9.17, 15) is 0 Å². The molecule has 8 aliphatic carbocycles. The average molecular weight is 884 g/mol. The van der Waals surface area contributed by atoms with Crippen LogP contribution in [0.4, 0.5) is 39.8 Å². The molecule has 0 amide bonds. The summed E-state index contributed by atoms with van der Waals surface area (Å²) < 4.78 is 0. The summed E-state index contributed by atoms with van der Waals surface area (Å²) in [6.45, 7) is 0.168. The van der Waals surface area contributed by atoms with Crippen molar-refractivity contribution in [2.75, 3.05) is 14.7 Å². The predicted octanol–water partition coefficient (Wildman–Crippen LogP) is 10.2. The maximum absolute atomic E-state index is 3.11. The molecule has 328 valence electrons. The van der Waals surface area contributed by atoms with Gasteiger partial charge in [-0.3, -0.25) is 0 Å². The second kappa shape index (κ2) is 13.7. The van der Waals surface area contributed by atoms with E-state index in [1.54, 1.807) is 26.8 Å². The zero-order chi connectivity index (χ0) is 43.6. The summed E-state index contributed by atoms with van der Waals surface area (Å²) in [4.78, 5) is 8.80. The molecule has 0 spiro atoms. The van der Waals surface area contributed by atoms with E-state index in [0.29, 0.717) is 0 Å². The molecule has 3 nitrogen and oxygen atoms in total. The van der Waals surface area contributed by atoms with Crippen LogP contribution in [-0.4, -0.2) is 25.9 Å². The number of para-hydroxylation sites is 2. The smallest absolute Gasteiger partial charge is 0.251 e. The Labute approximate surface area is 398 Å². The number of rotatable bonds is 7. The van der Waals surface area contributed by atoms with Crippen molar-refractivity contribution in [3.63, 3.8) is 0 Å². The first-order valence-corrected chi connectivity index (χ1v) is 28.1. The normalized spacial score (nSPS) is 30.1. The van der Waals surface area contributed by atoms with E-state index >= 15 is 0 Å². The molecular formula is C62H58BN3Si. The van der Waals surface area contributed by atoms with Gasteiger partial charge in [-0.05, 0) is 198 Å². The van der Waals surface area contributed by atoms with Gasteiger partial charge in [-0.15, -0.1) is 0 Å². The van der Waals surface area contributed by atoms with Crippen LogP contribution in [0.25, 0.3) is 0 Å². The maximum atomic E-state index is 3.11. The van der Waals surface area contributed by atoms with Crippen molar-refractivity contribution in [3.05, 3.63) is 170 Å². The summed E-state index contributed by atoms with van der Waals surface area (Å²) in [5, 5.41) is 6.26. The largest absolute Gasteiger partial charge is 0.336 e. The maximum Gasteiger partial charge on any atom is 0.251 e. The molecule has 8 saturated carbocycles. The Kier molecular flexibility index (Phi) is 7.81. The van der Waals surface area contributed by atoms with Crippen LogP contribution in [0.15, 0.2) is 170 Å². The minimum absolute atomic E-state index is 0.0953. The van der Waals surface area contributed by atoms with Crippen LogP contribution >= 0.6 is 0 Å². The summed E-state index contributed by atoms with van der Waals surface area (Å²) in [5.74, 6) is 4.95. The molecule has 0 atom stereocenters. The Bertz CT molecular complexity index is 2860. The Morgan fingerprint density at radius 2 is 0.731 bits per heavy atom. The fourth-order valence-corrected chi connectivity index (χ4v) is 23.8. The van der Waals surface area contributed by atoms with E-state index in [0.717, 1.165) is 35.5 Å². The summed E-state index contributed by atoms with van der Waals surface area (Å²) in [5.41, 5.74) is 14.8. The first-order valence-electron chi connectivity index (χ1n) is 26.1. The van der Waals surface area contributed by atoms with E-state index in [2.05, 4.69) is 185 Å². The Hall–Kier alpha value is -5.78. The SMILES string of the molecule is c1ccc(N(c2ccccc2)c2cc3c4c(c2)N(C25CC6CC(CC(C6)C2)C5)c2cccc5c2B4c2c(cccc2[Si]5(c2ccccc2)c2ccccc2)N3C23CC4CC(CC(C4)C2)C3)cc1. The van der Waals surface area contributed by atoms with Crippen molar-refractivity contribution in [2.24, 2.45) is 35.5 Å². The van der Waals surface area contributed by atoms with Crippen molar-refractivity contribution in [1.29, 1.82) is 0 Å². The second-order valence-corrected chi connectivity index (χ2v) is 27.0. The molecule has 7 aromatic carbocycles. The third kappa shape index (κ3) is 5.09. The number of nitrogens with zero attached hydrogens (tertiary/aromatic N) is 3. The fourth-order valence-electron chi connectivity index (χ4n) is 18.5. The quantitative estimate of drug-likeness (QED) is 0.148. The van der Waals surface area contributed by atoms with E-state index in [-0.39, 0.29) is 17.8 Å². The zero-order valence-electron chi connectivity index (χ0n) is 38.5. The predicted molar refractivity (Wildman–Crippen MR) is 282 cm³/mol. The molecule has 11 aliphatic rings. The van der Waals surface area contributed by atoms with Crippen LogP contribution in [0.5, 0.6) is 0 Å². The highest BCUT2D eigenvalue weighted by Gasteiger charge is 2.63. The summed E-state index contributed by atoms with van der Waals surface area (Å²) in [6, 6.07) is 67.2. The lowest BCUT2D eigenvalue weighted by atomic mass is 9.32. The highest BCUT2D eigenvalue weighted by molar-refractivity contribution is 7.27. The lowest BCUT2D eigenvalue weighted by Crippen LogP contribution is -2.88. The van der Waals surface area contributed by atoms with Crippen LogP contribution in [0.1, 0.15) is 77.0 Å². The molecule has 7 aromatic rings. The van der Waals surface area contributed by atoms with Crippen molar-refractivity contribution in [2.45, 2.75) is 88.1 Å². The number of hydrogen-bond donors (Lipinski definition) is 0. The summed E-state index contributed by atoms with van der Waals surface area (Å²) in [6.07, 6.45) is 16.5. The van der Waals surface area contributed by atoms with Crippen LogP contribution in [0.3, 0.4) is 0 Å². The summed E-state index contributed by atoms with van der Waals surface area (Å²) in [7, 11) is -2.87. The lowest BCUT2D eigenvalue weighted by molar-refractivity contribution is 0.000365. The third-order valence-electron chi connectivity index (χ3n) is 19.6. The molecule has 3 aliphatic heterocycles. The van der Waals surface area contributed by atoms with Gasteiger partial charge in [0.1, 0.15) is 0 Å². The van der Waals surface area contributed by atoms with Crippen molar-refractivity contribution in [1.82, 2.24) is 0 Å². The highest BCUT2D eigenvalue weighted by Crippen LogP contribution is 2.63. The van der Waals surface area contributed by atoms with Gasteiger partial charge in [-0.25, -0.2) is 0 Å². The van der Waals surface area contributed by atoms with E-state index in [4.69, 9.17) is 0 Å². The van der Waals surface area contributed by atoms with Gasteiger partial charge in [-0.1, -0.05) is 121 Å². The van der Waals surface area contributed by atoms with Crippen molar-refractivity contribution < 1.29 is 0 Å². The van der Waals surface area contributed by atoms with Gasteiger partial charge < -0.3 is 14.7 Å². The Morgan fingerprint density at radius 3 is 1.10 bits per heavy atom. The first-order chi connectivity index (χ1) is 33.1. The molecule has 0 unspecified atom stereocenters. The monoisotopic (exact) mass is 883 g/mol. The lowest BCUT2D eigenvalue weighted by Gasteiger charge is -2.65. The van der Waals surface area contributed by atoms with Gasteiger partial charge in [0.25, 0.3) is 6.71 Å². The zero-order valence-corrected chi connectivity index (χ0v) is 39.5. The standard InChI is InChI=1S/C62H58BN3Si/c1-5-15-47(16-6-1)64(48-17-7-2-8-18-48)49-33-54-58-55(34-49)66(62-38-44-30-45(39-62)32-46(31-44)40-62)53-24-14-26-57-60(53)63(58)59-52(65(54)61-35-41-27-42(36-61)29-43(28-41)37-61)23-13-25-56(59)67(57,50-19-9-3-10-20-50)51-21-11-4-12-22-51/h1-26,33-34,41-46H,27-32,35-40H2. The van der Waals surface area contributed by atoms with E-state index in [1.807, 2.05) is 0 Å². The molecule has 8 fully saturated rings. The number of benzene rings is 7. The molecule has 8 bridgehead atoms. The minimum atomic E-state index is -2.87. The van der Waals surface area contributed by atoms with Gasteiger partial charge in [0.15, 0.2) is 8.07 Å². The minimum Gasteiger partial charge on any atom is -0.336 e. The highest BCUT2D eigenvalue weighted by atomic mass is 28.3. The molecule has 3 heterocycles. The molecule has 67 heavy (non-hydrogen) atoms. The van der Waals surface area contributed by atoms with Gasteiger partial charge in [0.2, 0.25) is 0 Å². The number of hydrogen-bond acceptors (Lipinski definition) is 3. The molecule has 0 aromatic heterocycles. The summed E-state index contributed by atoms with van der Waals surface area (Å²) >= 11 is 0. The van der Waals surface area contributed by atoms with Crippen molar-refractivity contribution >= 4 is 91.7 Å². The average Bonchev–Trinajstić information content (AvgIpc) is 3.34. The van der Waals surface area contributed by atoms with Gasteiger partial charge in [-0.2, -0.15) is 0 Å². The fraction of sp³-hybridized carbons (Fsp3) is 0.323. The van der Waals surface area contributed by atoms with Crippen LogP contribution in [0.2, 0.25) is 0 Å². The van der Waals surface area contributed by atoms with Crippen LogP contribution in [0, 0.1) is 35.5 Å². The Morgan fingerprint density at radius 1 is 0.373 bits per heavy atom. The molecule has 0 N–H and O–H groups in total. The second-order valence-electron chi connectivity index (χ2n) is 23.3. The molecule has 0 saturated heterocycles. The van der Waals surface area contributed by atoms with E-state index in [1.165, 1.54) is 127 Å². The molecule has 0 radical (unpaired) electrons. The molecule has 18 rings (SSSR count). The number of anilines is 7. The van der Waals surface area contributed by atoms with Crippen molar-refractivity contribution in [3.8, 4) is 0 Å². The van der Waals surface area contributed by atoms with Gasteiger partial charge in [0.05, 0.1) is 5.69 Å². The van der Waals surface area contributed by atoms with E-state index < -0.39 is 8.07 Å².